The second-order valence-corrected chi connectivity index (χ2v) is 6.70. The Bertz CT molecular complexity index is 716. The summed E-state index contributed by atoms with van der Waals surface area (Å²) in [7, 11) is 0. The largest absolute Gasteiger partial charge is 0.350 e. The zero-order valence-electron chi connectivity index (χ0n) is 13.2. The number of nitrogens with zero attached hydrogens (tertiary/aromatic N) is 1. The van der Waals surface area contributed by atoms with Crippen molar-refractivity contribution in [1.29, 1.82) is 0 Å². The van der Waals surface area contributed by atoms with Crippen LogP contribution in [0.1, 0.15) is 50.8 Å². The van der Waals surface area contributed by atoms with Crippen molar-refractivity contribution in [2.75, 3.05) is 13.1 Å². The highest BCUT2D eigenvalue weighted by Gasteiger charge is 2.46. The Morgan fingerprint density at radius 3 is 2.76 bits per heavy atom. The molecule has 0 amide bonds. The highest BCUT2D eigenvalue weighted by atomic mass is 15.1. The Morgan fingerprint density at radius 1 is 1.14 bits per heavy atom. The van der Waals surface area contributed by atoms with Crippen molar-refractivity contribution in [1.82, 2.24) is 4.98 Å². The molecule has 0 unspecified atom stereocenters. The van der Waals surface area contributed by atoms with E-state index in [2.05, 4.69) is 47.7 Å². The third-order valence-electron chi connectivity index (χ3n) is 5.94. The van der Waals surface area contributed by atoms with Crippen LogP contribution in [-0.2, 0) is 6.42 Å². The van der Waals surface area contributed by atoms with E-state index >= 15 is 0 Å². The zero-order chi connectivity index (χ0) is 14.4. The lowest BCUT2D eigenvalue weighted by molar-refractivity contribution is -0.538. The number of hydrogen-bond acceptors (Lipinski definition) is 0. The summed E-state index contributed by atoms with van der Waals surface area (Å²) in [5.74, 6) is 0. The van der Waals surface area contributed by atoms with E-state index in [4.69, 9.17) is 0 Å². The maximum Gasteiger partial charge on any atom is 0.206 e. The summed E-state index contributed by atoms with van der Waals surface area (Å²) < 4.78 is 2.67. The number of para-hydroxylation sites is 1. The van der Waals surface area contributed by atoms with E-state index in [0.717, 1.165) is 0 Å². The number of hydrogen-bond donors (Lipinski definition) is 1. The molecule has 1 aromatic carbocycles. The van der Waals surface area contributed by atoms with Gasteiger partial charge >= 0.3 is 0 Å². The summed E-state index contributed by atoms with van der Waals surface area (Å²) >= 11 is 0. The van der Waals surface area contributed by atoms with Crippen LogP contribution < -0.4 is 0 Å². The highest BCUT2D eigenvalue weighted by Crippen LogP contribution is 2.42. The number of nitrogens with one attached hydrogen (secondary N) is 1. The maximum atomic E-state index is 3.76. The lowest BCUT2D eigenvalue weighted by atomic mass is 9.69. The van der Waals surface area contributed by atoms with Gasteiger partial charge in [-0.3, -0.25) is 0 Å². The van der Waals surface area contributed by atoms with Crippen LogP contribution in [0.15, 0.2) is 24.3 Å². The van der Waals surface area contributed by atoms with Gasteiger partial charge < -0.3 is 4.98 Å². The molecule has 21 heavy (non-hydrogen) atoms. The molecule has 3 heterocycles. The lowest BCUT2D eigenvalue weighted by Gasteiger charge is -2.36. The Morgan fingerprint density at radius 2 is 1.95 bits per heavy atom. The number of rotatable bonds is 2. The van der Waals surface area contributed by atoms with Gasteiger partial charge in [0.1, 0.15) is 18.8 Å². The van der Waals surface area contributed by atoms with Gasteiger partial charge in [-0.15, -0.1) is 0 Å². The van der Waals surface area contributed by atoms with Crippen molar-refractivity contribution in [2.45, 2.75) is 46.0 Å². The molecule has 0 fully saturated rings. The fraction of sp³-hybridized carbons (Fsp3) is 0.526. The van der Waals surface area contributed by atoms with Crippen LogP contribution in [0.5, 0.6) is 0 Å². The van der Waals surface area contributed by atoms with Crippen LogP contribution in [0, 0.1) is 5.41 Å². The third-order valence-corrected chi connectivity index (χ3v) is 5.94. The molecule has 2 nitrogen and oxygen atoms in total. The summed E-state index contributed by atoms with van der Waals surface area (Å²) in [5, 5.41) is 1.44. The average molecular weight is 281 g/mol. The molecule has 0 aliphatic carbocycles. The standard InChI is InChI=1S/C19H24N2/c1-3-19(4-2)11-7-12-21-13-10-15-14-8-5-6-9-16(14)20-17(15)18(19)21/h5-6,8-9H,3-4,7,10-13H2,1-2H3/p+1. The molecule has 1 aromatic heterocycles. The Kier molecular flexibility index (Phi) is 2.95. The molecular formula is C19H25N2+. The minimum atomic E-state index is 0.383. The summed E-state index contributed by atoms with van der Waals surface area (Å²) in [6.07, 6.45) is 6.39. The smallest absolute Gasteiger partial charge is 0.206 e. The lowest BCUT2D eigenvalue weighted by Crippen LogP contribution is -2.46. The summed E-state index contributed by atoms with van der Waals surface area (Å²) in [6, 6.07) is 8.81. The van der Waals surface area contributed by atoms with E-state index in [1.165, 1.54) is 61.8 Å². The molecule has 0 bridgehead atoms. The predicted octanol–water partition coefficient (Wildman–Crippen LogP) is 4.13. The van der Waals surface area contributed by atoms with Gasteiger partial charge in [0.2, 0.25) is 5.71 Å². The highest BCUT2D eigenvalue weighted by molar-refractivity contribution is 6.06. The third kappa shape index (κ3) is 1.74. The van der Waals surface area contributed by atoms with Gasteiger partial charge in [0.15, 0.2) is 0 Å². The minimum Gasteiger partial charge on any atom is -0.350 e. The van der Waals surface area contributed by atoms with Crippen molar-refractivity contribution in [3.05, 3.63) is 35.5 Å². The van der Waals surface area contributed by atoms with Gasteiger partial charge in [-0.25, -0.2) is 4.58 Å². The Hall–Kier alpha value is -1.57. The summed E-state index contributed by atoms with van der Waals surface area (Å²) in [6.45, 7) is 7.19. The number of aromatic nitrogens is 1. The van der Waals surface area contributed by atoms with Gasteiger partial charge in [0, 0.05) is 23.7 Å². The monoisotopic (exact) mass is 281 g/mol. The number of aromatic amines is 1. The minimum absolute atomic E-state index is 0.383. The van der Waals surface area contributed by atoms with Crippen molar-refractivity contribution >= 4 is 16.6 Å². The molecule has 2 aliphatic heterocycles. The molecule has 4 rings (SSSR count). The van der Waals surface area contributed by atoms with Crippen molar-refractivity contribution in [3.8, 4) is 0 Å². The van der Waals surface area contributed by atoms with Gasteiger partial charge in [-0.05, 0) is 30.9 Å². The second kappa shape index (κ2) is 4.72. The quantitative estimate of drug-likeness (QED) is 0.798. The molecule has 0 atom stereocenters. The van der Waals surface area contributed by atoms with Gasteiger partial charge in [-0.1, -0.05) is 32.0 Å². The van der Waals surface area contributed by atoms with Gasteiger partial charge in [0.25, 0.3) is 0 Å². The van der Waals surface area contributed by atoms with E-state index in [1.54, 1.807) is 11.3 Å². The molecule has 0 saturated carbocycles. The Labute approximate surface area is 126 Å². The first-order chi connectivity index (χ1) is 10.3. The first-order valence-electron chi connectivity index (χ1n) is 8.51. The number of fused-ring (bicyclic) bond motifs is 4. The predicted molar refractivity (Wildman–Crippen MR) is 88.4 cm³/mol. The van der Waals surface area contributed by atoms with Crippen molar-refractivity contribution < 1.29 is 4.58 Å². The second-order valence-electron chi connectivity index (χ2n) is 6.70. The van der Waals surface area contributed by atoms with Gasteiger partial charge in [0.05, 0.1) is 5.41 Å². The van der Waals surface area contributed by atoms with Crippen molar-refractivity contribution in [2.24, 2.45) is 5.41 Å². The number of benzene rings is 1. The summed E-state index contributed by atoms with van der Waals surface area (Å²) in [4.78, 5) is 3.76. The molecule has 0 spiro atoms. The normalized spacial score (nSPS) is 20.5. The molecular weight excluding hydrogens is 256 g/mol. The van der Waals surface area contributed by atoms with E-state index in [9.17, 15) is 0 Å². The zero-order valence-corrected chi connectivity index (χ0v) is 13.2. The SMILES string of the molecule is CCC1(CC)CCC[N+]2=C1c1[nH]c3ccccc3c1CC2. The molecule has 110 valence electrons. The molecule has 2 aromatic rings. The van der Waals surface area contributed by atoms with Gasteiger partial charge in [-0.2, -0.15) is 0 Å². The molecule has 0 saturated heterocycles. The first-order valence-corrected chi connectivity index (χ1v) is 8.51. The van der Waals surface area contributed by atoms with E-state index < -0.39 is 0 Å². The molecule has 2 heteroatoms. The molecule has 0 radical (unpaired) electrons. The average Bonchev–Trinajstić information content (AvgIpc) is 2.92. The van der Waals surface area contributed by atoms with E-state index in [-0.39, 0.29) is 0 Å². The molecule has 1 N–H and O–H groups in total. The Balaban J connectivity index is 1.99. The van der Waals surface area contributed by atoms with Crippen LogP contribution in [-0.4, -0.2) is 28.4 Å². The fourth-order valence-corrected chi connectivity index (χ4v) is 4.67. The van der Waals surface area contributed by atoms with E-state index in [0.29, 0.717) is 5.41 Å². The van der Waals surface area contributed by atoms with Crippen LogP contribution in [0.4, 0.5) is 0 Å². The van der Waals surface area contributed by atoms with E-state index in [1.807, 2.05) is 0 Å². The van der Waals surface area contributed by atoms with Crippen LogP contribution >= 0.6 is 0 Å². The summed E-state index contributed by atoms with van der Waals surface area (Å²) in [5.41, 5.74) is 6.32. The van der Waals surface area contributed by atoms with Crippen LogP contribution in [0.25, 0.3) is 10.9 Å². The van der Waals surface area contributed by atoms with Crippen molar-refractivity contribution in [3.63, 3.8) is 0 Å². The maximum absolute atomic E-state index is 3.76. The molecule has 2 aliphatic rings. The number of H-pyrrole nitrogens is 1. The van der Waals surface area contributed by atoms with Crippen LogP contribution in [0.2, 0.25) is 0 Å². The topological polar surface area (TPSA) is 18.8 Å². The fourth-order valence-electron chi connectivity index (χ4n) is 4.67. The van der Waals surface area contributed by atoms with Crippen LogP contribution in [0.3, 0.4) is 0 Å². The first kappa shape index (κ1) is 13.1.